The van der Waals surface area contributed by atoms with Gasteiger partial charge in [-0.1, -0.05) is 12.8 Å². The van der Waals surface area contributed by atoms with Gasteiger partial charge in [0.2, 0.25) is 0 Å². The van der Waals surface area contributed by atoms with Crippen LogP contribution in [0.1, 0.15) is 48.7 Å². The maximum atomic E-state index is 12.5. The van der Waals surface area contributed by atoms with Crippen LogP contribution < -0.4 is 0 Å². The lowest BCUT2D eigenvalue weighted by Gasteiger charge is -2.26. The summed E-state index contributed by atoms with van der Waals surface area (Å²) in [5.74, 6) is -0.00527. The number of nitrogens with zero attached hydrogens (tertiary/aromatic N) is 4. The molecule has 0 N–H and O–H groups in total. The Bertz CT molecular complexity index is 512. The molecule has 22 heavy (non-hydrogen) atoms. The quantitative estimate of drug-likeness (QED) is 0.837. The summed E-state index contributed by atoms with van der Waals surface area (Å²) in [6, 6.07) is 5.24. The lowest BCUT2D eigenvalue weighted by Crippen LogP contribution is -2.39. The molecule has 0 atom stereocenters. The van der Waals surface area contributed by atoms with Crippen molar-refractivity contribution >= 4 is 5.91 Å². The lowest BCUT2D eigenvalue weighted by molar-refractivity contribution is 0.0745. The average molecular weight is 300 g/mol. The van der Waals surface area contributed by atoms with Crippen LogP contribution in [0.2, 0.25) is 0 Å². The Labute approximate surface area is 132 Å². The molecule has 0 saturated carbocycles. The molecular formula is C17H24N4O. The third-order valence-corrected chi connectivity index (χ3v) is 4.18. The number of aromatic nitrogens is 1. The molecule has 1 aliphatic heterocycles. The fourth-order valence-corrected chi connectivity index (χ4v) is 2.79. The van der Waals surface area contributed by atoms with E-state index in [4.69, 9.17) is 5.26 Å². The van der Waals surface area contributed by atoms with Gasteiger partial charge in [0.05, 0.1) is 5.56 Å². The highest BCUT2D eigenvalue weighted by Gasteiger charge is 2.16. The number of carbonyl (C=O) groups excluding carboxylic acids is 1. The van der Waals surface area contributed by atoms with Gasteiger partial charge in [-0.3, -0.25) is 4.79 Å². The van der Waals surface area contributed by atoms with Crippen molar-refractivity contribution < 1.29 is 4.79 Å². The summed E-state index contributed by atoms with van der Waals surface area (Å²) < 4.78 is 0. The molecule has 118 valence electrons. The largest absolute Gasteiger partial charge is 0.338 e. The SMILES string of the molecule is CCN(CCN1CCCCCC1)C(=O)c1ccc(C#N)nc1. The molecule has 2 heterocycles. The summed E-state index contributed by atoms with van der Waals surface area (Å²) in [6.07, 6.45) is 6.67. The van der Waals surface area contributed by atoms with Gasteiger partial charge >= 0.3 is 0 Å². The van der Waals surface area contributed by atoms with Crippen LogP contribution in [-0.2, 0) is 0 Å². The van der Waals surface area contributed by atoms with Gasteiger partial charge in [-0.15, -0.1) is 0 Å². The zero-order valence-electron chi connectivity index (χ0n) is 13.3. The van der Waals surface area contributed by atoms with Crippen molar-refractivity contribution in [3.63, 3.8) is 0 Å². The number of likely N-dealkylation sites (tertiary alicyclic amines) is 1. The van der Waals surface area contributed by atoms with E-state index in [0.29, 0.717) is 17.8 Å². The predicted molar refractivity (Wildman–Crippen MR) is 85.4 cm³/mol. The zero-order valence-corrected chi connectivity index (χ0v) is 13.3. The topological polar surface area (TPSA) is 60.2 Å². The first-order chi connectivity index (χ1) is 10.7. The summed E-state index contributed by atoms with van der Waals surface area (Å²) in [5, 5.41) is 8.76. The minimum atomic E-state index is -0.00527. The second-order valence-electron chi connectivity index (χ2n) is 5.68. The number of likely N-dealkylation sites (N-methyl/N-ethyl adjacent to an activating group) is 1. The fourth-order valence-electron chi connectivity index (χ4n) is 2.79. The molecule has 1 saturated heterocycles. The summed E-state index contributed by atoms with van der Waals surface area (Å²) in [6.45, 7) is 6.65. The molecular weight excluding hydrogens is 276 g/mol. The summed E-state index contributed by atoms with van der Waals surface area (Å²) in [4.78, 5) is 20.8. The minimum Gasteiger partial charge on any atom is -0.338 e. The monoisotopic (exact) mass is 300 g/mol. The van der Waals surface area contributed by atoms with Crippen LogP contribution in [0, 0.1) is 11.3 Å². The van der Waals surface area contributed by atoms with E-state index in [9.17, 15) is 4.79 Å². The van der Waals surface area contributed by atoms with E-state index in [2.05, 4.69) is 9.88 Å². The average Bonchev–Trinajstić information content (AvgIpc) is 2.84. The highest BCUT2D eigenvalue weighted by Crippen LogP contribution is 2.10. The van der Waals surface area contributed by atoms with Gasteiger partial charge in [-0.25, -0.2) is 4.98 Å². The fraction of sp³-hybridized carbons (Fsp3) is 0.588. The molecule has 1 fully saturated rings. The minimum absolute atomic E-state index is 0.00527. The smallest absolute Gasteiger partial charge is 0.255 e. The molecule has 0 spiro atoms. The molecule has 0 aliphatic carbocycles. The standard InChI is InChI=1S/C17H24N4O/c1-2-21(12-11-20-9-5-3-4-6-10-20)17(22)15-7-8-16(13-18)19-14-15/h7-8,14H,2-6,9-12H2,1H3. The Morgan fingerprint density at radius 3 is 2.59 bits per heavy atom. The zero-order chi connectivity index (χ0) is 15.8. The van der Waals surface area contributed by atoms with Crippen molar-refractivity contribution in [2.24, 2.45) is 0 Å². The van der Waals surface area contributed by atoms with Gasteiger partial charge in [0.25, 0.3) is 5.91 Å². The van der Waals surface area contributed by atoms with E-state index < -0.39 is 0 Å². The second kappa shape index (κ2) is 8.50. The van der Waals surface area contributed by atoms with Crippen LogP contribution in [0.3, 0.4) is 0 Å². The normalized spacial score (nSPS) is 15.8. The predicted octanol–water partition coefficient (Wildman–Crippen LogP) is 2.29. The van der Waals surface area contributed by atoms with Crippen molar-refractivity contribution in [3.05, 3.63) is 29.6 Å². The van der Waals surface area contributed by atoms with Crippen LogP contribution in [0.4, 0.5) is 0 Å². The van der Waals surface area contributed by atoms with E-state index in [0.717, 1.165) is 26.2 Å². The van der Waals surface area contributed by atoms with E-state index in [1.807, 2.05) is 17.9 Å². The van der Waals surface area contributed by atoms with Crippen LogP contribution in [0.15, 0.2) is 18.3 Å². The third kappa shape index (κ3) is 4.54. The first-order valence-corrected chi connectivity index (χ1v) is 8.12. The summed E-state index contributed by atoms with van der Waals surface area (Å²) in [5.41, 5.74) is 0.890. The van der Waals surface area contributed by atoms with Crippen molar-refractivity contribution in [2.45, 2.75) is 32.6 Å². The molecule has 5 nitrogen and oxygen atoms in total. The number of hydrogen-bond acceptors (Lipinski definition) is 4. The number of nitriles is 1. The van der Waals surface area contributed by atoms with E-state index in [1.165, 1.54) is 31.9 Å². The van der Waals surface area contributed by atoms with E-state index in [-0.39, 0.29) is 5.91 Å². The van der Waals surface area contributed by atoms with Crippen molar-refractivity contribution in [1.29, 1.82) is 5.26 Å². The molecule has 2 rings (SSSR count). The molecule has 0 bridgehead atoms. The first kappa shape index (κ1) is 16.4. The maximum absolute atomic E-state index is 12.5. The van der Waals surface area contributed by atoms with E-state index in [1.54, 1.807) is 12.1 Å². The van der Waals surface area contributed by atoms with Gasteiger partial charge in [-0.05, 0) is 45.0 Å². The van der Waals surface area contributed by atoms with Crippen molar-refractivity contribution in [1.82, 2.24) is 14.8 Å². The van der Waals surface area contributed by atoms with Crippen LogP contribution >= 0.6 is 0 Å². The van der Waals surface area contributed by atoms with Crippen LogP contribution in [0.25, 0.3) is 0 Å². The van der Waals surface area contributed by atoms with Crippen molar-refractivity contribution in [3.8, 4) is 6.07 Å². The van der Waals surface area contributed by atoms with Gasteiger partial charge < -0.3 is 9.80 Å². The Balaban J connectivity index is 1.91. The molecule has 1 aromatic heterocycles. The van der Waals surface area contributed by atoms with Gasteiger partial charge in [0, 0.05) is 25.8 Å². The number of carbonyl (C=O) groups is 1. The second-order valence-corrected chi connectivity index (χ2v) is 5.68. The highest BCUT2D eigenvalue weighted by atomic mass is 16.2. The Morgan fingerprint density at radius 1 is 1.32 bits per heavy atom. The molecule has 5 heteroatoms. The van der Waals surface area contributed by atoms with E-state index >= 15 is 0 Å². The van der Waals surface area contributed by atoms with Crippen molar-refractivity contribution in [2.75, 3.05) is 32.7 Å². The molecule has 1 amide bonds. The Kier molecular flexibility index (Phi) is 6.35. The lowest BCUT2D eigenvalue weighted by atomic mass is 10.2. The first-order valence-electron chi connectivity index (χ1n) is 8.12. The van der Waals surface area contributed by atoms with Crippen LogP contribution in [-0.4, -0.2) is 53.4 Å². The third-order valence-electron chi connectivity index (χ3n) is 4.18. The highest BCUT2D eigenvalue weighted by molar-refractivity contribution is 5.93. The number of amides is 1. The van der Waals surface area contributed by atoms with Gasteiger partial charge in [-0.2, -0.15) is 5.26 Å². The van der Waals surface area contributed by atoms with Gasteiger partial charge in [0.15, 0.2) is 0 Å². The number of pyridine rings is 1. The molecule has 1 aromatic rings. The molecule has 1 aliphatic rings. The number of hydrogen-bond donors (Lipinski definition) is 0. The molecule has 0 radical (unpaired) electrons. The molecule has 0 unspecified atom stereocenters. The van der Waals surface area contributed by atoms with Gasteiger partial charge in [0.1, 0.15) is 11.8 Å². The Hall–Kier alpha value is -1.93. The summed E-state index contributed by atoms with van der Waals surface area (Å²) >= 11 is 0. The molecule has 0 aromatic carbocycles. The maximum Gasteiger partial charge on any atom is 0.255 e. The van der Waals surface area contributed by atoms with Crippen LogP contribution in [0.5, 0.6) is 0 Å². The summed E-state index contributed by atoms with van der Waals surface area (Å²) in [7, 11) is 0. The number of rotatable bonds is 5. The Morgan fingerprint density at radius 2 is 2.05 bits per heavy atom.